The van der Waals surface area contributed by atoms with E-state index in [2.05, 4.69) is 5.32 Å². The quantitative estimate of drug-likeness (QED) is 0.851. The third-order valence-corrected chi connectivity index (χ3v) is 3.87. The Morgan fingerprint density at radius 1 is 1.09 bits per heavy atom. The third kappa shape index (κ3) is 4.25. The van der Waals surface area contributed by atoms with E-state index in [0.29, 0.717) is 12.3 Å². The first-order chi connectivity index (χ1) is 11.2. The Morgan fingerprint density at radius 3 is 2.43 bits per heavy atom. The molecule has 2 aromatic carbocycles. The van der Waals surface area contributed by atoms with Crippen LogP contribution in [0.25, 0.3) is 0 Å². The number of ether oxygens (including phenoxy) is 2. The van der Waals surface area contributed by atoms with Gasteiger partial charge in [0.25, 0.3) is 0 Å². The molecule has 23 heavy (non-hydrogen) atoms. The lowest BCUT2D eigenvalue weighted by atomic mass is 9.95. The van der Waals surface area contributed by atoms with Gasteiger partial charge in [0, 0.05) is 18.2 Å². The molecule has 1 amide bonds. The zero-order valence-corrected chi connectivity index (χ0v) is 13.8. The van der Waals surface area contributed by atoms with Crippen LogP contribution < -0.4 is 14.8 Å². The first-order valence-electron chi connectivity index (χ1n) is 7.73. The number of hydrogen-bond donors (Lipinski definition) is 1. The second-order valence-electron chi connectivity index (χ2n) is 5.27. The molecule has 4 heteroatoms. The second kappa shape index (κ2) is 8.22. The molecule has 1 atom stereocenters. The second-order valence-corrected chi connectivity index (χ2v) is 5.27. The molecule has 0 spiro atoms. The van der Waals surface area contributed by atoms with E-state index in [1.165, 1.54) is 0 Å². The molecule has 0 heterocycles. The van der Waals surface area contributed by atoms with Gasteiger partial charge in [0.05, 0.1) is 20.1 Å². The number of nitrogens with one attached hydrogen (secondary N) is 1. The van der Waals surface area contributed by atoms with E-state index in [1.54, 1.807) is 14.2 Å². The Kier molecular flexibility index (Phi) is 6.03. The molecular weight excluding hydrogens is 290 g/mol. The summed E-state index contributed by atoms with van der Waals surface area (Å²) in [6.45, 7) is 2.44. The van der Waals surface area contributed by atoms with Crippen molar-refractivity contribution in [3.8, 4) is 11.5 Å². The van der Waals surface area contributed by atoms with Crippen molar-refractivity contribution >= 4 is 5.91 Å². The average molecular weight is 313 g/mol. The summed E-state index contributed by atoms with van der Waals surface area (Å²) in [7, 11) is 3.22. The summed E-state index contributed by atoms with van der Waals surface area (Å²) >= 11 is 0. The average Bonchev–Trinajstić information content (AvgIpc) is 2.61. The normalized spacial score (nSPS) is 11.6. The molecule has 1 N–H and O–H groups in total. The highest BCUT2D eigenvalue weighted by atomic mass is 16.5. The van der Waals surface area contributed by atoms with Gasteiger partial charge in [-0.2, -0.15) is 0 Å². The summed E-state index contributed by atoms with van der Waals surface area (Å²) in [6.07, 6.45) is 0.760. The van der Waals surface area contributed by atoms with Gasteiger partial charge in [-0.25, -0.2) is 0 Å². The lowest BCUT2D eigenvalue weighted by Crippen LogP contribution is -2.28. The Hall–Kier alpha value is -2.49. The van der Waals surface area contributed by atoms with Gasteiger partial charge in [-0.1, -0.05) is 37.3 Å². The van der Waals surface area contributed by atoms with E-state index >= 15 is 0 Å². The maximum Gasteiger partial charge on any atom is 0.227 e. The van der Waals surface area contributed by atoms with Crippen LogP contribution in [0.3, 0.4) is 0 Å². The highest BCUT2D eigenvalue weighted by Crippen LogP contribution is 2.25. The van der Waals surface area contributed by atoms with E-state index in [4.69, 9.17) is 9.47 Å². The van der Waals surface area contributed by atoms with Gasteiger partial charge in [-0.05, 0) is 24.1 Å². The molecule has 2 rings (SSSR count). The first kappa shape index (κ1) is 16.9. The highest BCUT2D eigenvalue weighted by Gasteiger charge is 2.18. The van der Waals surface area contributed by atoms with Crippen LogP contribution in [0.2, 0.25) is 0 Å². The van der Waals surface area contributed by atoms with Crippen LogP contribution in [0.5, 0.6) is 11.5 Å². The zero-order chi connectivity index (χ0) is 16.7. The predicted octanol–water partition coefficient (Wildman–Crippen LogP) is 3.51. The monoisotopic (exact) mass is 313 g/mol. The van der Waals surface area contributed by atoms with Crippen LogP contribution in [0.15, 0.2) is 48.5 Å². The molecule has 0 aliphatic rings. The van der Waals surface area contributed by atoms with Gasteiger partial charge in [-0.3, -0.25) is 4.79 Å². The summed E-state index contributed by atoms with van der Waals surface area (Å²) in [5, 5.41) is 3.00. The van der Waals surface area contributed by atoms with Crippen LogP contribution in [-0.2, 0) is 11.3 Å². The highest BCUT2D eigenvalue weighted by molar-refractivity contribution is 5.83. The van der Waals surface area contributed by atoms with Gasteiger partial charge in [0.1, 0.15) is 11.5 Å². The molecule has 0 saturated carbocycles. The maximum absolute atomic E-state index is 12.5. The topological polar surface area (TPSA) is 47.6 Å². The molecule has 0 aliphatic heterocycles. The lowest BCUT2D eigenvalue weighted by molar-refractivity contribution is -0.122. The third-order valence-electron chi connectivity index (χ3n) is 3.87. The van der Waals surface area contributed by atoms with Crippen molar-refractivity contribution in [2.45, 2.75) is 25.8 Å². The van der Waals surface area contributed by atoms with Crippen molar-refractivity contribution in [3.05, 3.63) is 59.7 Å². The molecule has 0 bridgehead atoms. The number of rotatable bonds is 7. The molecule has 2 aromatic rings. The standard InChI is InChI=1S/C19H23NO3/c1-4-17(14-8-6-5-7-9-14)19(21)20-13-15-10-11-16(22-2)12-18(15)23-3/h5-12,17H,4,13H2,1-3H3,(H,20,21). The Morgan fingerprint density at radius 2 is 1.83 bits per heavy atom. The van der Waals surface area contributed by atoms with Crippen LogP contribution in [0.4, 0.5) is 0 Å². The Balaban J connectivity index is 2.06. The minimum atomic E-state index is -0.138. The molecule has 0 aromatic heterocycles. The van der Waals surface area contributed by atoms with Crippen LogP contribution >= 0.6 is 0 Å². The first-order valence-corrected chi connectivity index (χ1v) is 7.73. The maximum atomic E-state index is 12.5. The Bertz CT molecular complexity index is 640. The fourth-order valence-corrected chi connectivity index (χ4v) is 2.56. The van der Waals surface area contributed by atoms with Crippen LogP contribution in [0, 0.1) is 0 Å². The van der Waals surface area contributed by atoms with Crippen molar-refractivity contribution in [1.29, 1.82) is 0 Å². The van der Waals surface area contributed by atoms with Crippen LogP contribution in [-0.4, -0.2) is 20.1 Å². The summed E-state index contributed by atoms with van der Waals surface area (Å²) in [6, 6.07) is 15.4. The van der Waals surface area contributed by atoms with Crippen molar-refractivity contribution in [2.24, 2.45) is 0 Å². The SMILES string of the molecule is CCC(C(=O)NCc1ccc(OC)cc1OC)c1ccccc1. The number of carbonyl (C=O) groups excluding carboxylic acids is 1. The van der Waals surface area contributed by atoms with Gasteiger partial charge < -0.3 is 14.8 Å². The summed E-state index contributed by atoms with van der Waals surface area (Å²) in [5.74, 6) is 1.32. The van der Waals surface area contributed by atoms with Crippen LogP contribution in [0.1, 0.15) is 30.4 Å². The molecule has 1 unspecified atom stereocenters. The van der Waals surface area contributed by atoms with E-state index in [1.807, 2.05) is 55.5 Å². The molecule has 4 nitrogen and oxygen atoms in total. The van der Waals surface area contributed by atoms with E-state index in [9.17, 15) is 4.79 Å². The molecular formula is C19H23NO3. The lowest BCUT2D eigenvalue weighted by Gasteiger charge is -2.16. The van der Waals surface area contributed by atoms with Gasteiger partial charge in [0.15, 0.2) is 0 Å². The van der Waals surface area contributed by atoms with E-state index in [-0.39, 0.29) is 11.8 Å². The van der Waals surface area contributed by atoms with E-state index in [0.717, 1.165) is 23.3 Å². The predicted molar refractivity (Wildman–Crippen MR) is 90.9 cm³/mol. The molecule has 0 aliphatic carbocycles. The fourth-order valence-electron chi connectivity index (χ4n) is 2.56. The molecule has 0 fully saturated rings. The van der Waals surface area contributed by atoms with Gasteiger partial charge in [-0.15, -0.1) is 0 Å². The number of hydrogen-bond acceptors (Lipinski definition) is 3. The molecule has 0 saturated heterocycles. The van der Waals surface area contributed by atoms with Crippen molar-refractivity contribution in [2.75, 3.05) is 14.2 Å². The minimum absolute atomic E-state index is 0.0246. The summed E-state index contributed by atoms with van der Waals surface area (Å²) < 4.78 is 10.5. The van der Waals surface area contributed by atoms with Crippen molar-refractivity contribution in [3.63, 3.8) is 0 Å². The smallest absolute Gasteiger partial charge is 0.227 e. The number of carbonyl (C=O) groups is 1. The number of benzene rings is 2. The zero-order valence-electron chi connectivity index (χ0n) is 13.8. The largest absolute Gasteiger partial charge is 0.497 e. The fraction of sp³-hybridized carbons (Fsp3) is 0.316. The number of methoxy groups -OCH3 is 2. The van der Waals surface area contributed by atoms with Gasteiger partial charge in [0.2, 0.25) is 5.91 Å². The number of amides is 1. The summed E-state index contributed by atoms with van der Waals surface area (Å²) in [4.78, 5) is 12.5. The Labute approximate surface area is 137 Å². The molecule has 122 valence electrons. The van der Waals surface area contributed by atoms with Gasteiger partial charge >= 0.3 is 0 Å². The van der Waals surface area contributed by atoms with E-state index < -0.39 is 0 Å². The van der Waals surface area contributed by atoms with Crippen molar-refractivity contribution < 1.29 is 14.3 Å². The summed E-state index contributed by atoms with van der Waals surface area (Å²) in [5.41, 5.74) is 1.96. The van der Waals surface area contributed by atoms with Crippen molar-refractivity contribution in [1.82, 2.24) is 5.32 Å². The minimum Gasteiger partial charge on any atom is -0.497 e. The molecule has 0 radical (unpaired) electrons.